The van der Waals surface area contributed by atoms with Gasteiger partial charge in [0.1, 0.15) is 0 Å². The zero-order valence-electron chi connectivity index (χ0n) is 17.2. The van der Waals surface area contributed by atoms with Crippen molar-refractivity contribution in [2.75, 3.05) is 11.4 Å². The first-order valence-electron chi connectivity index (χ1n) is 10.5. The van der Waals surface area contributed by atoms with Gasteiger partial charge in [-0.1, -0.05) is 42.5 Å². The Kier molecular flexibility index (Phi) is 4.82. The van der Waals surface area contributed by atoms with E-state index in [4.69, 9.17) is 0 Å². The maximum atomic E-state index is 13.0. The highest BCUT2D eigenvalue weighted by Gasteiger charge is 2.33. The number of aromatic nitrogens is 3. The average molecular weight is 410 g/mol. The van der Waals surface area contributed by atoms with Crippen molar-refractivity contribution in [3.63, 3.8) is 0 Å². The van der Waals surface area contributed by atoms with Crippen molar-refractivity contribution in [3.05, 3.63) is 84.2 Å². The number of hydrogen-bond donors (Lipinski definition) is 0. The summed E-state index contributed by atoms with van der Waals surface area (Å²) in [7, 11) is 0. The van der Waals surface area contributed by atoms with Gasteiger partial charge >= 0.3 is 0 Å². The maximum absolute atomic E-state index is 13.0. The highest BCUT2D eigenvalue weighted by atomic mass is 16.2. The third-order valence-electron chi connectivity index (χ3n) is 5.64. The van der Waals surface area contributed by atoms with E-state index in [-0.39, 0.29) is 17.6 Å². The Morgan fingerprint density at radius 1 is 1.06 bits per heavy atom. The van der Waals surface area contributed by atoms with Gasteiger partial charge in [-0.2, -0.15) is 5.10 Å². The molecule has 5 rings (SSSR count). The number of fused-ring (bicyclic) bond motifs is 1. The number of hydrogen-bond acceptors (Lipinski definition) is 4. The van der Waals surface area contributed by atoms with Crippen molar-refractivity contribution in [3.8, 4) is 11.3 Å². The molecule has 1 fully saturated rings. The van der Waals surface area contributed by atoms with Crippen LogP contribution in [0.15, 0.2) is 73.1 Å². The van der Waals surface area contributed by atoms with E-state index in [0.29, 0.717) is 23.3 Å². The van der Waals surface area contributed by atoms with E-state index in [1.807, 2.05) is 60.4 Å². The van der Waals surface area contributed by atoms with Gasteiger partial charge in [0.05, 0.1) is 17.5 Å². The summed E-state index contributed by atoms with van der Waals surface area (Å²) in [5.41, 5.74) is 4.17. The minimum Gasteiger partial charge on any atom is -0.312 e. The molecule has 2 aromatic carbocycles. The Morgan fingerprint density at radius 3 is 2.61 bits per heavy atom. The Balaban J connectivity index is 1.55. The van der Waals surface area contributed by atoms with Crippen LogP contribution >= 0.6 is 0 Å². The van der Waals surface area contributed by atoms with Gasteiger partial charge in [0.2, 0.25) is 5.91 Å². The number of carbonyl (C=O) groups is 2. The van der Waals surface area contributed by atoms with Gasteiger partial charge in [-0.25, -0.2) is 9.50 Å². The van der Waals surface area contributed by atoms with Gasteiger partial charge in [-0.3, -0.25) is 9.59 Å². The third-order valence-corrected chi connectivity index (χ3v) is 5.64. The second kappa shape index (κ2) is 7.80. The van der Waals surface area contributed by atoms with E-state index in [0.717, 1.165) is 29.8 Å². The summed E-state index contributed by atoms with van der Waals surface area (Å²) in [5, 5.41) is 4.46. The summed E-state index contributed by atoms with van der Waals surface area (Å²) in [6.45, 7) is 2.62. The van der Waals surface area contributed by atoms with Crippen LogP contribution in [0.2, 0.25) is 0 Å². The Bertz CT molecular complexity index is 1280. The molecule has 1 saturated carbocycles. The molecule has 2 aromatic heterocycles. The molecule has 0 N–H and O–H groups in total. The van der Waals surface area contributed by atoms with Gasteiger partial charge in [0.25, 0.3) is 0 Å². The zero-order valence-corrected chi connectivity index (χ0v) is 17.2. The fraction of sp³-hybridized carbons (Fsp3) is 0.200. The molecular formula is C25H22N4O2. The predicted octanol–water partition coefficient (Wildman–Crippen LogP) is 4.39. The van der Waals surface area contributed by atoms with Crippen molar-refractivity contribution in [2.45, 2.75) is 19.8 Å². The second-order valence-corrected chi connectivity index (χ2v) is 7.73. The van der Waals surface area contributed by atoms with E-state index in [2.05, 4.69) is 10.1 Å². The fourth-order valence-corrected chi connectivity index (χ4v) is 3.86. The minimum absolute atomic E-state index is 0.110. The van der Waals surface area contributed by atoms with Crippen LogP contribution in [0.25, 0.3) is 16.9 Å². The molecule has 0 aliphatic heterocycles. The van der Waals surface area contributed by atoms with Crippen LogP contribution in [0.5, 0.6) is 0 Å². The Hall–Kier alpha value is -3.80. The molecule has 0 spiro atoms. The lowest BCUT2D eigenvalue weighted by Crippen LogP contribution is -2.31. The fourth-order valence-electron chi connectivity index (χ4n) is 3.86. The Labute approximate surface area is 180 Å². The summed E-state index contributed by atoms with van der Waals surface area (Å²) in [4.78, 5) is 31.9. The van der Waals surface area contributed by atoms with E-state index in [1.165, 1.54) is 0 Å². The normalized spacial score (nSPS) is 13.3. The van der Waals surface area contributed by atoms with Crippen molar-refractivity contribution < 1.29 is 9.59 Å². The number of rotatable bonds is 6. The predicted molar refractivity (Wildman–Crippen MR) is 119 cm³/mol. The van der Waals surface area contributed by atoms with Crippen LogP contribution in [0.1, 0.15) is 35.7 Å². The molecule has 31 heavy (non-hydrogen) atoms. The highest BCUT2D eigenvalue weighted by molar-refractivity contribution is 6.12. The zero-order chi connectivity index (χ0) is 21.4. The molecule has 154 valence electrons. The second-order valence-electron chi connectivity index (χ2n) is 7.73. The number of amides is 1. The van der Waals surface area contributed by atoms with E-state index < -0.39 is 0 Å². The third kappa shape index (κ3) is 3.50. The molecule has 0 atom stereocenters. The van der Waals surface area contributed by atoms with Crippen LogP contribution < -0.4 is 4.90 Å². The molecule has 0 radical (unpaired) electrons. The molecule has 1 aliphatic carbocycles. The minimum atomic E-state index is -0.110. The molecule has 6 nitrogen and oxygen atoms in total. The van der Waals surface area contributed by atoms with E-state index >= 15 is 0 Å². The number of ketones is 1. The lowest BCUT2D eigenvalue weighted by Gasteiger charge is -2.21. The van der Waals surface area contributed by atoms with Crippen LogP contribution in [0.4, 0.5) is 5.69 Å². The lowest BCUT2D eigenvalue weighted by atomic mass is 10.1. The molecule has 0 saturated heterocycles. The largest absolute Gasteiger partial charge is 0.312 e. The van der Waals surface area contributed by atoms with Gasteiger partial charge in [-0.15, -0.1) is 0 Å². The monoisotopic (exact) mass is 410 g/mol. The van der Waals surface area contributed by atoms with E-state index in [1.54, 1.807) is 29.0 Å². The van der Waals surface area contributed by atoms with Crippen molar-refractivity contribution >= 4 is 23.0 Å². The van der Waals surface area contributed by atoms with Crippen molar-refractivity contribution in [2.24, 2.45) is 5.92 Å². The summed E-state index contributed by atoms with van der Waals surface area (Å²) >= 11 is 0. The van der Waals surface area contributed by atoms with Crippen molar-refractivity contribution in [1.29, 1.82) is 0 Å². The summed E-state index contributed by atoms with van der Waals surface area (Å²) in [6, 6.07) is 18.9. The molecule has 0 unspecified atom stereocenters. The van der Waals surface area contributed by atoms with Crippen LogP contribution in [-0.2, 0) is 4.79 Å². The van der Waals surface area contributed by atoms with Gasteiger partial charge < -0.3 is 4.90 Å². The first-order chi connectivity index (χ1) is 15.2. The van der Waals surface area contributed by atoms with Gasteiger partial charge in [0.15, 0.2) is 11.4 Å². The van der Waals surface area contributed by atoms with Crippen LogP contribution in [0.3, 0.4) is 0 Å². The molecule has 4 aromatic rings. The standard InChI is InChI=1S/C25H22N4O2/c1-2-28(25(31)18-11-12-18)20-10-6-9-19(15-20)22-13-14-26-24-21(16-27-29(22)24)23(30)17-7-4-3-5-8-17/h3-10,13-16,18H,2,11-12H2,1H3. The van der Waals surface area contributed by atoms with Crippen molar-refractivity contribution in [1.82, 2.24) is 14.6 Å². The smallest absolute Gasteiger partial charge is 0.230 e. The summed E-state index contributed by atoms with van der Waals surface area (Å²) in [6.07, 6.45) is 5.21. The highest BCUT2D eigenvalue weighted by Crippen LogP contribution is 2.34. The topological polar surface area (TPSA) is 67.6 Å². The molecule has 6 heteroatoms. The summed E-state index contributed by atoms with van der Waals surface area (Å²) in [5.74, 6) is 0.240. The molecule has 2 heterocycles. The first-order valence-corrected chi connectivity index (χ1v) is 10.5. The molecule has 0 bridgehead atoms. The summed E-state index contributed by atoms with van der Waals surface area (Å²) < 4.78 is 1.69. The quantitative estimate of drug-likeness (QED) is 0.442. The molecule has 1 amide bonds. The lowest BCUT2D eigenvalue weighted by molar-refractivity contribution is -0.119. The Morgan fingerprint density at radius 2 is 1.87 bits per heavy atom. The number of carbonyl (C=O) groups excluding carboxylic acids is 2. The molecular weight excluding hydrogens is 388 g/mol. The van der Waals surface area contributed by atoms with Gasteiger partial charge in [0, 0.05) is 35.5 Å². The average Bonchev–Trinajstić information content (AvgIpc) is 3.58. The SMILES string of the molecule is CCN(C(=O)C1CC1)c1cccc(-c2ccnc3c(C(=O)c4ccccc4)cnn23)c1. The molecule has 1 aliphatic rings. The van der Waals surface area contributed by atoms with Crippen LogP contribution in [-0.4, -0.2) is 32.8 Å². The van der Waals surface area contributed by atoms with Gasteiger partial charge in [-0.05, 0) is 38.0 Å². The van der Waals surface area contributed by atoms with E-state index in [9.17, 15) is 9.59 Å². The number of nitrogens with zero attached hydrogens (tertiary/aromatic N) is 4. The van der Waals surface area contributed by atoms with Crippen LogP contribution in [0, 0.1) is 5.92 Å². The number of anilines is 1. The maximum Gasteiger partial charge on any atom is 0.230 e. The first kappa shape index (κ1) is 19.2. The number of benzene rings is 2.